The third-order valence-electron chi connectivity index (χ3n) is 4.13. The molecule has 0 radical (unpaired) electrons. The fraction of sp³-hybridized carbons (Fsp3) is 0.250. The average Bonchev–Trinajstić information content (AvgIpc) is 3.04. The largest absolute Gasteiger partial charge is 0.497 e. The molecule has 2 aromatic carbocycles. The highest BCUT2D eigenvalue weighted by Crippen LogP contribution is 2.18. The number of carbonyl (C=O) groups excluding carboxylic acids is 2. The molecule has 0 saturated heterocycles. The van der Waals surface area contributed by atoms with Crippen molar-refractivity contribution in [3.63, 3.8) is 0 Å². The van der Waals surface area contributed by atoms with Crippen molar-refractivity contribution in [2.45, 2.75) is 18.4 Å². The van der Waals surface area contributed by atoms with Gasteiger partial charge < -0.3 is 14.0 Å². The Balaban J connectivity index is 1.93. The zero-order valence-electron chi connectivity index (χ0n) is 16.4. The fourth-order valence-electron chi connectivity index (χ4n) is 2.76. The number of benzene rings is 2. The minimum atomic E-state index is -3.87. The Morgan fingerprint density at radius 2 is 1.80 bits per heavy atom. The Kier molecular flexibility index (Phi) is 6.68. The van der Waals surface area contributed by atoms with Gasteiger partial charge in [0.2, 0.25) is 0 Å². The first-order valence-electron chi connectivity index (χ1n) is 9.02. The SMILES string of the molecule is CCOC(=O)Cn1c(=NC(=O)CS(=O)(=O)c2ccc(OC)cc2)sc2ccccc21. The van der Waals surface area contributed by atoms with Crippen LogP contribution < -0.4 is 9.54 Å². The maximum Gasteiger partial charge on any atom is 0.326 e. The molecule has 1 amide bonds. The van der Waals surface area contributed by atoms with Crippen molar-refractivity contribution in [1.82, 2.24) is 4.57 Å². The number of esters is 1. The first-order chi connectivity index (χ1) is 14.3. The standard InChI is InChI=1S/C20H20N2O6S2/c1-3-28-19(24)12-22-16-6-4-5-7-17(16)29-20(22)21-18(23)13-30(25,26)15-10-8-14(27-2)9-11-15/h4-11H,3,12-13H2,1-2H3. The van der Waals surface area contributed by atoms with Crippen LogP contribution in [0.1, 0.15) is 6.92 Å². The van der Waals surface area contributed by atoms with Crippen molar-refractivity contribution in [2.24, 2.45) is 4.99 Å². The number of para-hydroxylation sites is 1. The van der Waals surface area contributed by atoms with Crippen LogP contribution in [0.4, 0.5) is 0 Å². The predicted octanol–water partition coefficient (Wildman–Crippen LogP) is 2.18. The number of sulfone groups is 1. The van der Waals surface area contributed by atoms with Gasteiger partial charge in [0.1, 0.15) is 18.0 Å². The van der Waals surface area contributed by atoms with Crippen LogP contribution in [-0.2, 0) is 30.7 Å². The van der Waals surface area contributed by atoms with Crippen molar-refractivity contribution < 1.29 is 27.5 Å². The number of rotatable bonds is 7. The summed E-state index contributed by atoms with van der Waals surface area (Å²) in [6, 6.07) is 13.0. The summed E-state index contributed by atoms with van der Waals surface area (Å²) < 4.78 is 37.5. The van der Waals surface area contributed by atoms with Crippen molar-refractivity contribution in [3.8, 4) is 5.75 Å². The summed E-state index contributed by atoms with van der Waals surface area (Å²) in [6.07, 6.45) is 0. The number of aromatic nitrogens is 1. The molecule has 158 valence electrons. The van der Waals surface area contributed by atoms with E-state index in [1.54, 1.807) is 23.6 Å². The van der Waals surface area contributed by atoms with Crippen LogP contribution in [0.2, 0.25) is 0 Å². The van der Waals surface area contributed by atoms with Crippen LogP contribution in [0.25, 0.3) is 10.2 Å². The zero-order chi connectivity index (χ0) is 21.7. The van der Waals surface area contributed by atoms with Crippen LogP contribution in [0.15, 0.2) is 58.4 Å². The van der Waals surface area contributed by atoms with E-state index in [9.17, 15) is 18.0 Å². The number of hydrogen-bond acceptors (Lipinski definition) is 7. The Morgan fingerprint density at radius 1 is 1.10 bits per heavy atom. The van der Waals surface area contributed by atoms with E-state index in [-0.39, 0.29) is 22.8 Å². The van der Waals surface area contributed by atoms with Crippen molar-refractivity contribution in [1.29, 1.82) is 0 Å². The highest BCUT2D eigenvalue weighted by Gasteiger charge is 2.20. The van der Waals surface area contributed by atoms with E-state index in [0.717, 1.165) is 4.70 Å². The van der Waals surface area contributed by atoms with Crippen LogP contribution in [0.5, 0.6) is 5.75 Å². The second-order valence-corrected chi connectivity index (χ2v) is 9.18. The van der Waals surface area contributed by atoms with Gasteiger partial charge in [0, 0.05) is 0 Å². The number of thiazole rings is 1. The second-order valence-electron chi connectivity index (χ2n) is 6.18. The molecule has 8 nitrogen and oxygen atoms in total. The monoisotopic (exact) mass is 448 g/mol. The van der Waals surface area contributed by atoms with E-state index in [1.165, 1.54) is 42.7 Å². The van der Waals surface area contributed by atoms with Crippen LogP contribution in [0.3, 0.4) is 0 Å². The number of fused-ring (bicyclic) bond motifs is 1. The first-order valence-corrected chi connectivity index (χ1v) is 11.5. The number of methoxy groups -OCH3 is 1. The molecule has 0 N–H and O–H groups in total. The van der Waals surface area contributed by atoms with Gasteiger partial charge >= 0.3 is 5.97 Å². The fourth-order valence-corrected chi connectivity index (χ4v) is 4.92. The lowest BCUT2D eigenvalue weighted by Crippen LogP contribution is -2.24. The lowest BCUT2D eigenvalue weighted by atomic mass is 10.3. The number of ether oxygens (including phenoxy) is 2. The molecule has 10 heteroatoms. The van der Waals surface area contributed by atoms with Crippen molar-refractivity contribution in [3.05, 3.63) is 53.3 Å². The number of amides is 1. The normalized spacial score (nSPS) is 12.1. The smallest absolute Gasteiger partial charge is 0.326 e. The minimum absolute atomic E-state index is 0.00240. The van der Waals surface area contributed by atoms with Gasteiger partial charge in [-0.25, -0.2) is 8.42 Å². The van der Waals surface area contributed by atoms with Gasteiger partial charge in [-0.1, -0.05) is 23.5 Å². The molecular weight excluding hydrogens is 428 g/mol. The molecule has 0 bridgehead atoms. The van der Waals surface area contributed by atoms with E-state index in [2.05, 4.69) is 4.99 Å². The second kappa shape index (κ2) is 9.23. The summed E-state index contributed by atoms with van der Waals surface area (Å²) in [4.78, 5) is 28.7. The zero-order valence-corrected chi connectivity index (χ0v) is 18.0. The molecule has 0 aliphatic heterocycles. The highest BCUT2D eigenvalue weighted by molar-refractivity contribution is 7.92. The van der Waals surface area contributed by atoms with Crippen molar-refractivity contribution >= 4 is 43.3 Å². The van der Waals surface area contributed by atoms with E-state index >= 15 is 0 Å². The molecule has 0 unspecified atom stereocenters. The topological polar surface area (TPSA) is 104 Å². The Hall–Kier alpha value is -2.98. The predicted molar refractivity (Wildman–Crippen MR) is 112 cm³/mol. The molecule has 1 heterocycles. The number of hydrogen-bond donors (Lipinski definition) is 0. The molecule has 0 aliphatic carbocycles. The minimum Gasteiger partial charge on any atom is -0.497 e. The first kappa shape index (κ1) is 21.7. The van der Waals surface area contributed by atoms with Gasteiger partial charge in [0.25, 0.3) is 5.91 Å². The lowest BCUT2D eigenvalue weighted by molar-refractivity contribution is -0.143. The molecular formula is C20H20N2O6S2. The quantitative estimate of drug-likeness (QED) is 0.513. The van der Waals surface area contributed by atoms with E-state index in [0.29, 0.717) is 11.3 Å². The molecule has 0 spiro atoms. The summed E-state index contributed by atoms with van der Waals surface area (Å²) in [7, 11) is -2.40. The van der Waals surface area contributed by atoms with Gasteiger partial charge in [-0.05, 0) is 43.3 Å². The van der Waals surface area contributed by atoms with Crippen LogP contribution in [0, 0.1) is 0 Å². The van der Waals surface area contributed by atoms with Crippen LogP contribution >= 0.6 is 11.3 Å². The van der Waals surface area contributed by atoms with Gasteiger partial charge in [-0.3, -0.25) is 9.59 Å². The summed E-state index contributed by atoms with van der Waals surface area (Å²) in [5.41, 5.74) is 0.708. The molecule has 3 aromatic rings. The van der Waals surface area contributed by atoms with Crippen LogP contribution in [-0.4, -0.2) is 44.3 Å². The van der Waals surface area contributed by atoms with Gasteiger partial charge in [-0.15, -0.1) is 0 Å². The molecule has 0 fully saturated rings. The summed E-state index contributed by atoms with van der Waals surface area (Å²) in [5.74, 6) is -1.57. The van der Waals surface area contributed by atoms with E-state index < -0.39 is 27.5 Å². The third kappa shape index (κ3) is 4.95. The molecule has 3 rings (SSSR count). The van der Waals surface area contributed by atoms with Gasteiger partial charge in [0.05, 0.1) is 28.8 Å². The van der Waals surface area contributed by atoms with E-state index in [4.69, 9.17) is 9.47 Å². The Labute approximate surface area is 177 Å². The summed E-state index contributed by atoms with van der Waals surface area (Å²) in [6.45, 7) is 1.80. The Bertz CT molecular complexity index is 1240. The average molecular weight is 449 g/mol. The molecule has 0 saturated carbocycles. The molecule has 0 atom stereocenters. The van der Waals surface area contributed by atoms with Gasteiger partial charge in [-0.2, -0.15) is 4.99 Å². The van der Waals surface area contributed by atoms with E-state index in [1.807, 2.05) is 12.1 Å². The maximum absolute atomic E-state index is 12.6. The Morgan fingerprint density at radius 3 is 2.47 bits per heavy atom. The lowest BCUT2D eigenvalue weighted by Gasteiger charge is -2.05. The summed E-state index contributed by atoms with van der Waals surface area (Å²) in [5, 5.41) is 0. The third-order valence-corrected chi connectivity index (χ3v) is 6.81. The number of nitrogens with zero attached hydrogens (tertiary/aromatic N) is 2. The summed E-state index contributed by atoms with van der Waals surface area (Å²) >= 11 is 1.20. The molecule has 30 heavy (non-hydrogen) atoms. The molecule has 1 aromatic heterocycles. The molecule has 0 aliphatic rings. The maximum atomic E-state index is 12.6. The van der Waals surface area contributed by atoms with Crippen molar-refractivity contribution in [2.75, 3.05) is 19.5 Å². The number of carbonyl (C=O) groups is 2. The van der Waals surface area contributed by atoms with Gasteiger partial charge in [0.15, 0.2) is 14.6 Å². The highest BCUT2D eigenvalue weighted by atomic mass is 32.2.